The van der Waals surface area contributed by atoms with E-state index in [1.165, 1.54) is 11.1 Å². The first-order valence-electron chi connectivity index (χ1n) is 6.77. The molecule has 0 fully saturated rings. The number of hydrogen-bond donors (Lipinski definition) is 1. The van der Waals surface area contributed by atoms with Crippen LogP contribution >= 0.6 is 0 Å². The molecule has 0 aliphatic carbocycles. The Morgan fingerprint density at radius 3 is 2.55 bits per heavy atom. The summed E-state index contributed by atoms with van der Waals surface area (Å²) in [6, 6.07) is 14.0. The second-order valence-corrected chi connectivity index (χ2v) is 4.75. The summed E-state index contributed by atoms with van der Waals surface area (Å²) in [5.41, 5.74) is 3.57. The van der Waals surface area contributed by atoms with E-state index in [0.717, 1.165) is 23.7 Å². The minimum Gasteiger partial charge on any atom is -0.497 e. The van der Waals surface area contributed by atoms with E-state index in [1.54, 1.807) is 7.11 Å². The van der Waals surface area contributed by atoms with Crippen LogP contribution in [0.25, 0.3) is 0 Å². The van der Waals surface area contributed by atoms with Crippen LogP contribution in [0.3, 0.4) is 0 Å². The van der Waals surface area contributed by atoms with Gasteiger partial charge in [0, 0.05) is 18.3 Å². The molecule has 0 amide bonds. The number of nitrogens with one attached hydrogen (secondary N) is 1. The summed E-state index contributed by atoms with van der Waals surface area (Å²) in [5.74, 6) is 1.77. The molecule has 0 bridgehead atoms. The molecule has 0 spiro atoms. The molecule has 0 radical (unpaired) electrons. The molecule has 20 heavy (non-hydrogen) atoms. The highest BCUT2D eigenvalue weighted by Gasteiger charge is 1.98. The smallest absolute Gasteiger partial charge is 0.120 e. The molecule has 2 aromatic carbocycles. The number of methoxy groups -OCH3 is 1. The second-order valence-electron chi connectivity index (χ2n) is 4.75. The molecule has 3 nitrogen and oxygen atoms in total. The van der Waals surface area contributed by atoms with Crippen LogP contribution in [0.1, 0.15) is 11.1 Å². The largest absolute Gasteiger partial charge is 0.497 e. The number of hydrogen-bond acceptors (Lipinski definition) is 3. The van der Waals surface area contributed by atoms with Gasteiger partial charge in [0.2, 0.25) is 0 Å². The van der Waals surface area contributed by atoms with Gasteiger partial charge in [0.15, 0.2) is 0 Å². The van der Waals surface area contributed by atoms with Crippen molar-refractivity contribution in [2.75, 3.05) is 25.6 Å². The quantitative estimate of drug-likeness (QED) is 0.811. The average Bonchev–Trinajstić information content (AvgIpc) is 2.47. The van der Waals surface area contributed by atoms with Gasteiger partial charge >= 0.3 is 0 Å². The summed E-state index contributed by atoms with van der Waals surface area (Å²) in [6.45, 7) is 5.57. The third-order valence-electron chi connectivity index (χ3n) is 3.25. The van der Waals surface area contributed by atoms with Crippen LogP contribution in [-0.4, -0.2) is 20.3 Å². The van der Waals surface area contributed by atoms with Crippen LogP contribution in [0.5, 0.6) is 11.5 Å². The first kappa shape index (κ1) is 14.3. The molecule has 2 rings (SSSR count). The number of ether oxygens (including phenoxy) is 2. The maximum absolute atomic E-state index is 5.73. The van der Waals surface area contributed by atoms with Gasteiger partial charge in [0.25, 0.3) is 0 Å². The van der Waals surface area contributed by atoms with E-state index in [9.17, 15) is 0 Å². The van der Waals surface area contributed by atoms with Crippen molar-refractivity contribution in [3.8, 4) is 11.5 Å². The zero-order valence-corrected chi connectivity index (χ0v) is 12.3. The zero-order chi connectivity index (χ0) is 14.4. The summed E-state index contributed by atoms with van der Waals surface area (Å²) in [7, 11) is 1.67. The highest BCUT2D eigenvalue weighted by atomic mass is 16.5. The topological polar surface area (TPSA) is 30.5 Å². The lowest BCUT2D eigenvalue weighted by Crippen LogP contribution is -2.11. The van der Waals surface area contributed by atoms with Gasteiger partial charge < -0.3 is 14.8 Å². The molecule has 0 saturated carbocycles. The van der Waals surface area contributed by atoms with Gasteiger partial charge in [0.1, 0.15) is 18.1 Å². The number of anilines is 1. The maximum Gasteiger partial charge on any atom is 0.120 e. The van der Waals surface area contributed by atoms with Crippen molar-refractivity contribution in [1.82, 2.24) is 0 Å². The number of benzene rings is 2. The van der Waals surface area contributed by atoms with Crippen molar-refractivity contribution in [1.29, 1.82) is 0 Å². The van der Waals surface area contributed by atoms with E-state index in [2.05, 4.69) is 31.3 Å². The molecule has 1 N–H and O–H groups in total. The Morgan fingerprint density at radius 2 is 1.80 bits per heavy atom. The van der Waals surface area contributed by atoms with Crippen LogP contribution in [0.15, 0.2) is 42.5 Å². The lowest BCUT2D eigenvalue weighted by molar-refractivity contribution is 0.332. The number of aryl methyl sites for hydroxylation is 2. The van der Waals surface area contributed by atoms with E-state index in [4.69, 9.17) is 9.47 Å². The molecular weight excluding hydrogens is 250 g/mol. The minimum atomic E-state index is 0.625. The second kappa shape index (κ2) is 6.85. The Balaban J connectivity index is 1.79. The fourth-order valence-electron chi connectivity index (χ4n) is 1.90. The van der Waals surface area contributed by atoms with Crippen molar-refractivity contribution < 1.29 is 9.47 Å². The molecule has 0 aliphatic rings. The molecular formula is C17H21NO2. The Kier molecular flexibility index (Phi) is 4.88. The van der Waals surface area contributed by atoms with Gasteiger partial charge in [-0.05, 0) is 49.2 Å². The fraction of sp³-hybridized carbons (Fsp3) is 0.294. The standard InChI is InChI=1S/C17H21NO2/c1-13-7-8-17(11-14(13)2)20-10-9-18-15-5-4-6-16(12-15)19-3/h4-8,11-12,18H,9-10H2,1-3H3. The van der Waals surface area contributed by atoms with E-state index < -0.39 is 0 Å². The summed E-state index contributed by atoms with van der Waals surface area (Å²) in [6.07, 6.45) is 0. The van der Waals surface area contributed by atoms with Gasteiger partial charge in [-0.15, -0.1) is 0 Å². The molecule has 106 valence electrons. The molecule has 2 aromatic rings. The molecule has 0 unspecified atom stereocenters. The van der Waals surface area contributed by atoms with Gasteiger partial charge in [-0.25, -0.2) is 0 Å². The predicted molar refractivity (Wildman–Crippen MR) is 82.9 cm³/mol. The van der Waals surface area contributed by atoms with Crippen molar-refractivity contribution in [3.05, 3.63) is 53.6 Å². The first-order valence-corrected chi connectivity index (χ1v) is 6.77. The van der Waals surface area contributed by atoms with Crippen LogP contribution in [-0.2, 0) is 0 Å². The van der Waals surface area contributed by atoms with Crippen LogP contribution < -0.4 is 14.8 Å². The van der Waals surface area contributed by atoms with Crippen LogP contribution in [0.2, 0.25) is 0 Å². The van der Waals surface area contributed by atoms with Gasteiger partial charge in [0.05, 0.1) is 7.11 Å². The average molecular weight is 271 g/mol. The van der Waals surface area contributed by atoms with Gasteiger partial charge in [-0.2, -0.15) is 0 Å². The van der Waals surface area contributed by atoms with E-state index in [0.29, 0.717) is 6.61 Å². The van der Waals surface area contributed by atoms with E-state index in [-0.39, 0.29) is 0 Å². The summed E-state index contributed by atoms with van der Waals surface area (Å²) in [5, 5.41) is 3.31. The highest BCUT2D eigenvalue weighted by molar-refractivity contribution is 5.48. The fourth-order valence-corrected chi connectivity index (χ4v) is 1.90. The predicted octanol–water partition coefficient (Wildman–Crippen LogP) is 3.80. The van der Waals surface area contributed by atoms with E-state index in [1.807, 2.05) is 30.3 Å². The summed E-state index contributed by atoms with van der Waals surface area (Å²) >= 11 is 0. The lowest BCUT2D eigenvalue weighted by atomic mass is 10.1. The van der Waals surface area contributed by atoms with Crippen molar-refractivity contribution >= 4 is 5.69 Å². The van der Waals surface area contributed by atoms with Gasteiger partial charge in [-0.3, -0.25) is 0 Å². The Morgan fingerprint density at radius 1 is 0.950 bits per heavy atom. The molecule has 0 atom stereocenters. The first-order chi connectivity index (χ1) is 9.69. The zero-order valence-electron chi connectivity index (χ0n) is 12.3. The van der Waals surface area contributed by atoms with E-state index >= 15 is 0 Å². The summed E-state index contributed by atoms with van der Waals surface area (Å²) < 4.78 is 10.9. The molecule has 0 aromatic heterocycles. The Labute approximate surface area is 120 Å². The normalized spacial score (nSPS) is 10.2. The highest BCUT2D eigenvalue weighted by Crippen LogP contribution is 2.17. The number of rotatable bonds is 6. The third-order valence-corrected chi connectivity index (χ3v) is 3.25. The minimum absolute atomic E-state index is 0.625. The molecule has 3 heteroatoms. The Hall–Kier alpha value is -2.16. The van der Waals surface area contributed by atoms with Crippen molar-refractivity contribution in [2.24, 2.45) is 0 Å². The SMILES string of the molecule is COc1cccc(NCCOc2ccc(C)c(C)c2)c1. The maximum atomic E-state index is 5.73. The summed E-state index contributed by atoms with van der Waals surface area (Å²) in [4.78, 5) is 0. The molecule has 0 heterocycles. The third kappa shape index (κ3) is 3.92. The Bertz CT molecular complexity index is 567. The van der Waals surface area contributed by atoms with Crippen LogP contribution in [0.4, 0.5) is 5.69 Å². The molecule has 0 aliphatic heterocycles. The molecule has 0 saturated heterocycles. The monoisotopic (exact) mass is 271 g/mol. The van der Waals surface area contributed by atoms with Crippen molar-refractivity contribution in [3.63, 3.8) is 0 Å². The van der Waals surface area contributed by atoms with Crippen molar-refractivity contribution in [2.45, 2.75) is 13.8 Å². The van der Waals surface area contributed by atoms with Crippen LogP contribution in [0, 0.1) is 13.8 Å². The van der Waals surface area contributed by atoms with Gasteiger partial charge in [-0.1, -0.05) is 12.1 Å². The lowest BCUT2D eigenvalue weighted by Gasteiger charge is -2.10.